The van der Waals surface area contributed by atoms with Crippen LogP contribution in [0, 0.1) is 17.1 Å². The highest BCUT2D eigenvalue weighted by atomic mass is 19.1. The third-order valence-electron chi connectivity index (χ3n) is 2.16. The summed E-state index contributed by atoms with van der Waals surface area (Å²) >= 11 is 0. The largest absolute Gasteiger partial charge is 0.326 e. The van der Waals surface area contributed by atoms with Gasteiger partial charge in [0, 0.05) is 17.8 Å². The smallest absolute Gasteiger partial charge is 0.128 e. The minimum atomic E-state index is -0.324. The molecule has 14 heavy (non-hydrogen) atoms. The van der Waals surface area contributed by atoms with Gasteiger partial charge in [-0.1, -0.05) is 26.0 Å². The summed E-state index contributed by atoms with van der Waals surface area (Å²) in [5.74, 6) is -0.214. The maximum Gasteiger partial charge on any atom is 0.128 e. The highest BCUT2D eigenvalue weighted by Gasteiger charge is 2.08. The minimum Gasteiger partial charge on any atom is -0.326 e. The molecule has 1 aromatic carbocycles. The molecular formula is C11H15FN2. The van der Waals surface area contributed by atoms with Crippen molar-refractivity contribution in [1.29, 1.82) is 5.41 Å². The Morgan fingerprint density at radius 1 is 1.50 bits per heavy atom. The average Bonchev–Trinajstić information content (AvgIpc) is 2.16. The lowest BCUT2D eigenvalue weighted by Crippen LogP contribution is -2.09. The topological polar surface area (TPSA) is 49.9 Å². The lowest BCUT2D eigenvalue weighted by atomic mass is 9.99. The third-order valence-corrected chi connectivity index (χ3v) is 2.16. The number of hydrogen-bond donors (Lipinski definition) is 2. The van der Waals surface area contributed by atoms with E-state index in [1.807, 2.05) is 13.8 Å². The van der Waals surface area contributed by atoms with Crippen molar-refractivity contribution < 1.29 is 4.39 Å². The molecule has 0 fully saturated rings. The van der Waals surface area contributed by atoms with E-state index in [1.54, 1.807) is 12.1 Å². The van der Waals surface area contributed by atoms with Gasteiger partial charge in [-0.15, -0.1) is 0 Å². The van der Waals surface area contributed by atoms with Crippen LogP contribution in [0.25, 0.3) is 0 Å². The summed E-state index contributed by atoms with van der Waals surface area (Å²) in [4.78, 5) is 0. The van der Waals surface area contributed by atoms with Crippen molar-refractivity contribution >= 4 is 5.71 Å². The van der Waals surface area contributed by atoms with Crippen molar-refractivity contribution in [2.24, 2.45) is 11.7 Å². The van der Waals surface area contributed by atoms with Crippen LogP contribution in [0.4, 0.5) is 4.39 Å². The zero-order chi connectivity index (χ0) is 10.7. The molecule has 0 bridgehead atoms. The monoisotopic (exact) mass is 194 g/mol. The van der Waals surface area contributed by atoms with Crippen LogP contribution in [0.3, 0.4) is 0 Å². The number of hydrogen-bond acceptors (Lipinski definition) is 2. The molecule has 0 aromatic heterocycles. The summed E-state index contributed by atoms with van der Waals surface area (Å²) in [7, 11) is 0. The van der Waals surface area contributed by atoms with Crippen molar-refractivity contribution in [3.8, 4) is 0 Å². The van der Waals surface area contributed by atoms with E-state index in [1.165, 1.54) is 6.07 Å². The second-order valence-corrected chi connectivity index (χ2v) is 3.58. The number of benzene rings is 1. The quantitative estimate of drug-likeness (QED) is 0.713. The van der Waals surface area contributed by atoms with Gasteiger partial charge in [-0.05, 0) is 17.5 Å². The Balaban J connectivity index is 3.03. The summed E-state index contributed by atoms with van der Waals surface area (Å²) in [6.07, 6.45) is 0. The van der Waals surface area contributed by atoms with Crippen LogP contribution < -0.4 is 5.73 Å². The van der Waals surface area contributed by atoms with Crippen LogP contribution >= 0.6 is 0 Å². The van der Waals surface area contributed by atoms with Crippen molar-refractivity contribution in [1.82, 2.24) is 0 Å². The lowest BCUT2D eigenvalue weighted by Gasteiger charge is -2.08. The fourth-order valence-corrected chi connectivity index (χ4v) is 1.21. The molecule has 0 aliphatic heterocycles. The van der Waals surface area contributed by atoms with E-state index in [0.29, 0.717) is 16.8 Å². The van der Waals surface area contributed by atoms with E-state index in [-0.39, 0.29) is 18.3 Å². The molecule has 0 unspecified atom stereocenters. The highest BCUT2D eigenvalue weighted by molar-refractivity contribution is 5.99. The predicted molar refractivity (Wildman–Crippen MR) is 56.0 cm³/mol. The summed E-state index contributed by atoms with van der Waals surface area (Å²) in [6.45, 7) is 4.02. The fraction of sp³-hybridized carbons (Fsp3) is 0.364. The van der Waals surface area contributed by atoms with Crippen LogP contribution in [0.2, 0.25) is 0 Å². The van der Waals surface area contributed by atoms with Crippen LogP contribution in [0.15, 0.2) is 18.2 Å². The van der Waals surface area contributed by atoms with Crippen molar-refractivity contribution in [3.05, 3.63) is 35.1 Å². The van der Waals surface area contributed by atoms with Gasteiger partial charge in [0.2, 0.25) is 0 Å². The van der Waals surface area contributed by atoms with Gasteiger partial charge in [0.1, 0.15) is 5.82 Å². The number of nitrogens with two attached hydrogens (primary N) is 1. The molecule has 1 aromatic rings. The zero-order valence-corrected chi connectivity index (χ0v) is 8.47. The molecular weight excluding hydrogens is 179 g/mol. The normalized spacial score (nSPS) is 10.6. The van der Waals surface area contributed by atoms with E-state index >= 15 is 0 Å². The molecule has 0 spiro atoms. The van der Waals surface area contributed by atoms with Gasteiger partial charge in [0.25, 0.3) is 0 Å². The Labute approximate surface area is 83.4 Å². The molecule has 76 valence electrons. The molecule has 0 atom stereocenters. The van der Waals surface area contributed by atoms with Crippen molar-refractivity contribution in [3.63, 3.8) is 0 Å². The van der Waals surface area contributed by atoms with Gasteiger partial charge < -0.3 is 11.1 Å². The van der Waals surface area contributed by atoms with Crippen LogP contribution in [0.5, 0.6) is 0 Å². The molecule has 0 radical (unpaired) electrons. The maximum absolute atomic E-state index is 13.3. The van der Waals surface area contributed by atoms with Gasteiger partial charge in [0.15, 0.2) is 0 Å². The first kappa shape index (κ1) is 10.9. The molecule has 0 aliphatic rings. The summed E-state index contributed by atoms with van der Waals surface area (Å²) in [5.41, 5.74) is 6.92. The molecule has 3 N–H and O–H groups in total. The van der Waals surface area contributed by atoms with Crippen molar-refractivity contribution in [2.75, 3.05) is 0 Å². The zero-order valence-electron chi connectivity index (χ0n) is 8.47. The van der Waals surface area contributed by atoms with Crippen LogP contribution in [-0.4, -0.2) is 5.71 Å². The van der Waals surface area contributed by atoms with Crippen molar-refractivity contribution in [2.45, 2.75) is 20.4 Å². The second kappa shape index (κ2) is 4.33. The van der Waals surface area contributed by atoms with Gasteiger partial charge in [-0.3, -0.25) is 0 Å². The predicted octanol–water partition coefficient (Wildman–Crippen LogP) is 2.31. The van der Waals surface area contributed by atoms with E-state index in [9.17, 15) is 4.39 Å². The molecule has 0 saturated carbocycles. The maximum atomic E-state index is 13.3. The van der Waals surface area contributed by atoms with Gasteiger partial charge in [-0.2, -0.15) is 0 Å². The van der Waals surface area contributed by atoms with E-state index in [0.717, 1.165) is 0 Å². The van der Waals surface area contributed by atoms with Gasteiger partial charge in [0.05, 0.1) is 0 Å². The summed E-state index contributed by atoms with van der Waals surface area (Å²) < 4.78 is 13.3. The fourth-order valence-electron chi connectivity index (χ4n) is 1.21. The van der Waals surface area contributed by atoms with Gasteiger partial charge >= 0.3 is 0 Å². The Morgan fingerprint density at radius 3 is 2.57 bits per heavy atom. The number of rotatable bonds is 3. The second-order valence-electron chi connectivity index (χ2n) is 3.58. The lowest BCUT2D eigenvalue weighted by molar-refractivity contribution is 0.610. The molecule has 0 saturated heterocycles. The first-order valence-electron chi connectivity index (χ1n) is 4.63. The first-order valence-corrected chi connectivity index (χ1v) is 4.63. The Kier molecular flexibility index (Phi) is 3.36. The molecule has 2 nitrogen and oxygen atoms in total. The van der Waals surface area contributed by atoms with Gasteiger partial charge in [-0.25, -0.2) is 4.39 Å². The van der Waals surface area contributed by atoms with E-state index in [4.69, 9.17) is 11.1 Å². The summed E-state index contributed by atoms with van der Waals surface area (Å²) in [5, 5.41) is 7.71. The standard InChI is InChI=1S/C11H15FN2/c1-7(2)11(14)8-3-4-9(6-13)10(12)5-8/h3-5,7,14H,6,13H2,1-2H3. The molecule has 0 heterocycles. The molecule has 1 rings (SSSR count). The van der Waals surface area contributed by atoms with Crippen LogP contribution in [0.1, 0.15) is 25.0 Å². The SMILES string of the molecule is CC(C)C(=N)c1ccc(CN)c(F)c1. The average molecular weight is 194 g/mol. The van der Waals surface area contributed by atoms with Crippen LogP contribution in [-0.2, 0) is 6.54 Å². The van der Waals surface area contributed by atoms with E-state index in [2.05, 4.69) is 0 Å². The number of halogens is 1. The summed E-state index contributed by atoms with van der Waals surface area (Å²) in [6, 6.07) is 4.76. The Bertz CT molecular complexity index is 345. The number of nitrogens with one attached hydrogen (secondary N) is 1. The minimum absolute atomic E-state index is 0.109. The third kappa shape index (κ3) is 2.17. The Morgan fingerprint density at radius 2 is 2.14 bits per heavy atom. The first-order chi connectivity index (χ1) is 6.56. The Hall–Kier alpha value is -1.22. The highest BCUT2D eigenvalue weighted by Crippen LogP contribution is 2.13. The molecule has 3 heteroatoms. The van der Waals surface area contributed by atoms with E-state index < -0.39 is 0 Å². The molecule has 0 aliphatic carbocycles. The molecule has 0 amide bonds.